The van der Waals surface area contributed by atoms with Gasteiger partial charge in [0.1, 0.15) is 0 Å². The van der Waals surface area contributed by atoms with Gasteiger partial charge in [-0.05, 0) is 29.5 Å². The van der Waals surface area contributed by atoms with E-state index in [1.165, 1.54) is 0 Å². The van der Waals surface area contributed by atoms with Gasteiger partial charge in [0.25, 0.3) is 0 Å². The Morgan fingerprint density at radius 2 is 1.68 bits per heavy atom. The lowest BCUT2D eigenvalue weighted by atomic mass is 9.86. The van der Waals surface area contributed by atoms with Gasteiger partial charge in [0.05, 0.1) is 11.0 Å². The summed E-state index contributed by atoms with van der Waals surface area (Å²) in [6.45, 7) is 6.40. The van der Waals surface area contributed by atoms with Crippen LogP contribution in [-0.2, 0) is 0 Å². The fourth-order valence-electron chi connectivity index (χ4n) is 2.14. The van der Waals surface area contributed by atoms with Crippen molar-refractivity contribution in [2.45, 2.75) is 33.2 Å². The Morgan fingerprint density at radius 3 is 2.26 bits per heavy atom. The predicted octanol–water partition coefficient (Wildman–Crippen LogP) is 1.65. The minimum absolute atomic E-state index is 0.0974. The molecule has 0 amide bonds. The second kappa shape index (κ2) is 4.66. The first-order chi connectivity index (χ1) is 8.76. The molecule has 0 bridgehead atoms. The van der Waals surface area contributed by atoms with Crippen LogP contribution in [0, 0.1) is 5.41 Å². The molecule has 1 heterocycles. The molecule has 0 saturated carbocycles. The van der Waals surface area contributed by atoms with Crippen molar-refractivity contribution in [1.82, 2.24) is 9.97 Å². The van der Waals surface area contributed by atoms with Crippen LogP contribution in [0.15, 0.2) is 27.8 Å². The maximum absolute atomic E-state index is 11.3. The first-order valence-electron chi connectivity index (χ1n) is 6.28. The van der Waals surface area contributed by atoms with Gasteiger partial charge in [-0.25, -0.2) is 0 Å². The standard InChI is InChI=1S/C14H19N3O2/c1-14(2,3)7-9(15)8-4-5-10-11(6-8)17-13(19)12(18)16-10/h4-6,9H,7,15H2,1-3H3,(H,16,18)(H,17,19). The summed E-state index contributed by atoms with van der Waals surface area (Å²) in [5.74, 6) is 0. The molecule has 0 spiro atoms. The van der Waals surface area contributed by atoms with Crippen LogP contribution in [0.3, 0.4) is 0 Å². The van der Waals surface area contributed by atoms with Crippen LogP contribution < -0.4 is 16.9 Å². The van der Waals surface area contributed by atoms with Crippen LogP contribution in [-0.4, -0.2) is 9.97 Å². The van der Waals surface area contributed by atoms with E-state index < -0.39 is 11.1 Å². The number of nitrogens with one attached hydrogen (secondary N) is 2. The van der Waals surface area contributed by atoms with Gasteiger partial charge < -0.3 is 15.7 Å². The van der Waals surface area contributed by atoms with E-state index in [0.717, 1.165) is 12.0 Å². The van der Waals surface area contributed by atoms with Gasteiger partial charge in [0.15, 0.2) is 0 Å². The number of benzene rings is 1. The van der Waals surface area contributed by atoms with Gasteiger partial charge in [-0.1, -0.05) is 26.8 Å². The summed E-state index contributed by atoms with van der Waals surface area (Å²) in [7, 11) is 0. The smallest absolute Gasteiger partial charge is 0.314 e. The monoisotopic (exact) mass is 261 g/mol. The average molecular weight is 261 g/mol. The highest BCUT2D eigenvalue weighted by molar-refractivity contribution is 5.74. The zero-order valence-corrected chi connectivity index (χ0v) is 11.4. The van der Waals surface area contributed by atoms with E-state index in [-0.39, 0.29) is 11.5 Å². The Hall–Kier alpha value is -1.88. The predicted molar refractivity (Wildman–Crippen MR) is 76.2 cm³/mol. The number of hydrogen-bond donors (Lipinski definition) is 3. The van der Waals surface area contributed by atoms with Gasteiger partial charge in [-0.2, -0.15) is 0 Å². The lowest BCUT2D eigenvalue weighted by molar-refractivity contribution is 0.343. The van der Waals surface area contributed by atoms with E-state index >= 15 is 0 Å². The van der Waals surface area contributed by atoms with Crippen molar-refractivity contribution in [2.75, 3.05) is 0 Å². The molecule has 4 N–H and O–H groups in total. The van der Waals surface area contributed by atoms with Crippen LogP contribution in [0.4, 0.5) is 0 Å². The molecule has 1 unspecified atom stereocenters. The third-order valence-corrected chi connectivity index (χ3v) is 3.01. The molecular weight excluding hydrogens is 242 g/mol. The summed E-state index contributed by atoms with van der Waals surface area (Å²) >= 11 is 0. The zero-order valence-electron chi connectivity index (χ0n) is 11.4. The van der Waals surface area contributed by atoms with Crippen LogP contribution >= 0.6 is 0 Å². The maximum Gasteiger partial charge on any atom is 0.314 e. The molecule has 0 aliphatic heterocycles. The Kier molecular flexibility index (Phi) is 3.32. The molecule has 0 aliphatic rings. The highest BCUT2D eigenvalue weighted by atomic mass is 16.2. The number of aromatic amines is 2. The molecule has 19 heavy (non-hydrogen) atoms. The summed E-state index contributed by atoms with van der Waals surface area (Å²) < 4.78 is 0. The van der Waals surface area contributed by atoms with E-state index in [1.807, 2.05) is 12.1 Å². The second-order valence-electron chi connectivity index (χ2n) is 6.08. The van der Waals surface area contributed by atoms with Gasteiger partial charge in [0, 0.05) is 6.04 Å². The Bertz CT molecular complexity index is 707. The van der Waals surface area contributed by atoms with Crippen molar-refractivity contribution in [3.8, 4) is 0 Å². The zero-order chi connectivity index (χ0) is 14.2. The van der Waals surface area contributed by atoms with Crippen molar-refractivity contribution in [3.63, 3.8) is 0 Å². The normalized spacial score (nSPS) is 13.7. The van der Waals surface area contributed by atoms with E-state index in [1.54, 1.807) is 6.07 Å². The minimum atomic E-state index is -0.644. The topological polar surface area (TPSA) is 91.7 Å². The molecule has 0 fully saturated rings. The molecule has 1 aromatic carbocycles. The Balaban J connectivity index is 2.44. The quantitative estimate of drug-likeness (QED) is 0.718. The van der Waals surface area contributed by atoms with Crippen LogP contribution in [0.2, 0.25) is 0 Å². The molecule has 0 aliphatic carbocycles. The molecule has 1 atom stereocenters. The van der Waals surface area contributed by atoms with Crippen LogP contribution in [0.1, 0.15) is 38.8 Å². The van der Waals surface area contributed by atoms with Gasteiger partial charge >= 0.3 is 11.1 Å². The van der Waals surface area contributed by atoms with E-state index in [0.29, 0.717) is 11.0 Å². The van der Waals surface area contributed by atoms with Crippen molar-refractivity contribution >= 4 is 11.0 Å². The van der Waals surface area contributed by atoms with E-state index in [2.05, 4.69) is 30.7 Å². The molecule has 0 radical (unpaired) electrons. The van der Waals surface area contributed by atoms with E-state index in [9.17, 15) is 9.59 Å². The number of hydrogen-bond acceptors (Lipinski definition) is 3. The van der Waals surface area contributed by atoms with Crippen molar-refractivity contribution in [3.05, 3.63) is 44.5 Å². The molecule has 5 nitrogen and oxygen atoms in total. The van der Waals surface area contributed by atoms with E-state index in [4.69, 9.17) is 5.73 Å². The first-order valence-corrected chi connectivity index (χ1v) is 6.28. The number of fused-ring (bicyclic) bond motifs is 1. The Morgan fingerprint density at radius 1 is 1.11 bits per heavy atom. The fourth-order valence-corrected chi connectivity index (χ4v) is 2.14. The fraction of sp³-hybridized carbons (Fsp3) is 0.429. The highest BCUT2D eigenvalue weighted by Gasteiger charge is 2.17. The minimum Gasteiger partial charge on any atom is -0.324 e. The number of nitrogens with two attached hydrogens (primary N) is 1. The second-order valence-corrected chi connectivity index (χ2v) is 6.08. The number of rotatable bonds is 2. The molecule has 1 aromatic heterocycles. The summed E-state index contributed by atoms with van der Waals surface area (Å²) in [5.41, 5.74) is 7.18. The third kappa shape index (κ3) is 3.12. The van der Waals surface area contributed by atoms with Gasteiger partial charge in [-0.15, -0.1) is 0 Å². The Labute approximate surface area is 110 Å². The molecule has 0 saturated heterocycles. The largest absolute Gasteiger partial charge is 0.324 e. The third-order valence-electron chi connectivity index (χ3n) is 3.01. The molecular formula is C14H19N3O2. The molecule has 2 aromatic rings. The summed E-state index contributed by atoms with van der Waals surface area (Å²) in [6.07, 6.45) is 0.839. The van der Waals surface area contributed by atoms with Gasteiger partial charge in [-0.3, -0.25) is 9.59 Å². The molecule has 2 rings (SSSR count). The molecule has 5 heteroatoms. The van der Waals surface area contributed by atoms with Gasteiger partial charge in [0.2, 0.25) is 0 Å². The summed E-state index contributed by atoms with van der Waals surface area (Å²) in [6, 6.07) is 5.38. The van der Waals surface area contributed by atoms with Crippen molar-refractivity contribution in [2.24, 2.45) is 11.1 Å². The lowest BCUT2D eigenvalue weighted by Gasteiger charge is -2.23. The molecule has 102 valence electrons. The summed E-state index contributed by atoms with van der Waals surface area (Å²) in [5, 5.41) is 0. The SMILES string of the molecule is CC(C)(C)CC(N)c1ccc2[nH]c(=O)c(=O)[nH]c2c1. The average Bonchev–Trinajstić information content (AvgIpc) is 2.27. The van der Waals surface area contributed by atoms with Crippen molar-refractivity contribution in [1.29, 1.82) is 0 Å². The summed E-state index contributed by atoms with van der Waals surface area (Å²) in [4.78, 5) is 27.6. The lowest BCUT2D eigenvalue weighted by Crippen LogP contribution is -2.29. The number of aromatic nitrogens is 2. The van der Waals surface area contributed by atoms with Crippen LogP contribution in [0.25, 0.3) is 11.0 Å². The maximum atomic E-state index is 11.3. The van der Waals surface area contributed by atoms with Crippen molar-refractivity contribution < 1.29 is 0 Å². The number of H-pyrrole nitrogens is 2. The highest BCUT2D eigenvalue weighted by Crippen LogP contribution is 2.28. The first kappa shape index (κ1) is 13.5. The van der Waals surface area contributed by atoms with Crippen LogP contribution in [0.5, 0.6) is 0 Å².